The van der Waals surface area contributed by atoms with Gasteiger partial charge in [0.1, 0.15) is 0 Å². The minimum absolute atomic E-state index is 0.701. The lowest BCUT2D eigenvalue weighted by Gasteiger charge is -2.35. The Bertz CT molecular complexity index is 199. The first-order chi connectivity index (χ1) is 7.22. The summed E-state index contributed by atoms with van der Waals surface area (Å²) in [4.78, 5) is 5.03. The maximum absolute atomic E-state index is 8.46. The Labute approximate surface area is 93.7 Å². The molecule has 1 rings (SSSR count). The second-order valence-corrected chi connectivity index (χ2v) is 4.80. The van der Waals surface area contributed by atoms with Crippen LogP contribution < -0.4 is 0 Å². The van der Waals surface area contributed by atoms with E-state index in [-0.39, 0.29) is 0 Å². The molecule has 0 spiro atoms. The van der Waals surface area contributed by atoms with E-state index in [0.717, 1.165) is 18.9 Å². The van der Waals surface area contributed by atoms with Crippen LogP contribution in [0.1, 0.15) is 26.7 Å². The molecule has 1 heterocycles. The molecule has 3 nitrogen and oxygen atoms in total. The fourth-order valence-corrected chi connectivity index (χ4v) is 2.09. The van der Waals surface area contributed by atoms with E-state index in [1.165, 1.54) is 32.7 Å². The zero-order valence-corrected chi connectivity index (χ0v) is 10.1. The summed E-state index contributed by atoms with van der Waals surface area (Å²) in [6, 6.07) is 2.21. The van der Waals surface area contributed by atoms with Gasteiger partial charge in [-0.3, -0.25) is 0 Å². The van der Waals surface area contributed by atoms with Gasteiger partial charge in [-0.2, -0.15) is 5.26 Å². The van der Waals surface area contributed by atoms with Gasteiger partial charge < -0.3 is 9.80 Å². The van der Waals surface area contributed by atoms with Crippen molar-refractivity contribution in [2.45, 2.75) is 26.7 Å². The molecule has 1 fully saturated rings. The van der Waals surface area contributed by atoms with Gasteiger partial charge in [0, 0.05) is 39.1 Å². The van der Waals surface area contributed by atoms with Gasteiger partial charge in [-0.05, 0) is 18.9 Å². The predicted molar refractivity (Wildman–Crippen MR) is 62.6 cm³/mol. The number of hydrogen-bond acceptors (Lipinski definition) is 3. The van der Waals surface area contributed by atoms with E-state index in [1.807, 2.05) is 0 Å². The van der Waals surface area contributed by atoms with Crippen LogP contribution in [-0.2, 0) is 0 Å². The number of nitrogens with zero attached hydrogens (tertiary/aromatic N) is 3. The van der Waals surface area contributed by atoms with Crippen LogP contribution in [0.4, 0.5) is 0 Å². The molecule has 0 saturated carbocycles. The van der Waals surface area contributed by atoms with Crippen LogP contribution in [0.2, 0.25) is 0 Å². The fourth-order valence-electron chi connectivity index (χ4n) is 2.09. The van der Waals surface area contributed by atoms with Crippen molar-refractivity contribution in [3.05, 3.63) is 0 Å². The molecule has 1 aliphatic heterocycles. The van der Waals surface area contributed by atoms with E-state index >= 15 is 0 Å². The second-order valence-electron chi connectivity index (χ2n) is 4.80. The summed E-state index contributed by atoms with van der Waals surface area (Å²) in [6.45, 7) is 11.6. The van der Waals surface area contributed by atoms with Crippen molar-refractivity contribution in [3.8, 4) is 6.07 Å². The van der Waals surface area contributed by atoms with Gasteiger partial charge >= 0.3 is 0 Å². The van der Waals surface area contributed by atoms with E-state index in [2.05, 4.69) is 29.7 Å². The zero-order chi connectivity index (χ0) is 11.1. The third-order valence-corrected chi connectivity index (χ3v) is 2.85. The van der Waals surface area contributed by atoms with Crippen molar-refractivity contribution in [3.63, 3.8) is 0 Å². The number of rotatable bonds is 5. The highest BCUT2D eigenvalue weighted by atomic mass is 15.3. The topological polar surface area (TPSA) is 30.3 Å². The normalized spacial score (nSPS) is 19.3. The van der Waals surface area contributed by atoms with Crippen molar-refractivity contribution in [2.24, 2.45) is 5.92 Å². The van der Waals surface area contributed by atoms with Crippen molar-refractivity contribution in [1.29, 1.82) is 5.26 Å². The molecule has 0 aromatic heterocycles. The molecule has 1 aliphatic rings. The van der Waals surface area contributed by atoms with Crippen LogP contribution in [0.3, 0.4) is 0 Å². The number of nitriles is 1. The van der Waals surface area contributed by atoms with Crippen molar-refractivity contribution in [2.75, 3.05) is 39.3 Å². The maximum Gasteiger partial charge on any atom is 0.0622 e. The Morgan fingerprint density at radius 2 is 1.73 bits per heavy atom. The minimum atomic E-state index is 0.701. The lowest BCUT2D eigenvalue weighted by atomic mass is 10.2. The largest absolute Gasteiger partial charge is 0.301 e. The third kappa shape index (κ3) is 5.15. The van der Waals surface area contributed by atoms with Crippen LogP contribution in [0, 0.1) is 17.2 Å². The van der Waals surface area contributed by atoms with Crippen LogP contribution in [0.15, 0.2) is 0 Å². The monoisotopic (exact) mass is 209 g/mol. The number of piperazine rings is 1. The predicted octanol–water partition coefficient (Wildman–Crippen LogP) is 1.56. The molecular weight excluding hydrogens is 186 g/mol. The zero-order valence-electron chi connectivity index (χ0n) is 10.1. The van der Waals surface area contributed by atoms with Crippen LogP contribution >= 0.6 is 0 Å². The highest BCUT2D eigenvalue weighted by Gasteiger charge is 2.16. The van der Waals surface area contributed by atoms with Crippen molar-refractivity contribution >= 4 is 0 Å². The molecule has 0 aromatic rings. The second kappa shape index (κ2) is 6.81. The summed E-state index contributed by atoms with van der Waals surface area (Å²) < 4.78 is 0. The number of unbranched alkanes of at least 4 members (excludes halogenated alkanes) is 1. The summed E-state index contributed by atoms with van der Waals surface area (Å²) in [6.07, 6.45) is 1.73. The lowest BCUT2D eigenvalue weighted by molar-refractivity contribution is 0.122. The molecule has 0 N–H and O–H groups in total. The van der Waals surface area contributed by atoms with Crippen molar-refractivity contribution in [1.82, 2.24) is 9.80 Å². The SMILES string of the molecule is CC(C)CN1CCN(CCCC#N)CC1. The van der Waals surface area contributed by atoms with Gasteiger partial charge in [0.25, 0.3) is 0 Å². The molecule has 0 atom stereocenters. The van der Waals surface area contributed by atoms with Gasteiger partial charge in [-0.25, -0.2) is 0 Å². The van der Waals surface area contributed by atoms with E-state index in [4.69, 9.17) is 5.26 Å². The summed E-state index contributed by atoms with van der Waals surface area (Å²) in [5.74, 6) is 0.773. The fraction of sp³-hybridized carbons (Fsp3) is 0.917. The molecular formula is C12H23N3. The Hall–Kier alpha value is -0.590. The first kappa shape index (κ1) is 12.5. The van der Waals surface area contributed by atoms with E-state index in [1.54, 1.807) is 0 Å². The van der Waals surface area contributed by atoms with Gasteiger partial charge in [0.2, 0.25) is 0 Å². The highest BCUT2D eigenvalue weighted by molar-refractivity contribution is 4.75. The average Bonchev–Trinajstić information content (AvgIpc) is 2.20. The van der Waals surface area contributed by atoms with E-state index in [0.29, 0.717) is 6.42 Å². The van der Waals surface area contributed by atoms with Crippen LogP contribution in [0.5, 0.6) is 0 Å². The highest BCUT2D eigenvalue weighted by Crippen LogP contribution is 2.06. The molecule has 0 aromatic carbocycles. The molecule has 86 valence electrons. The molecule has 15 heavy (non-hydrogen) atoms. The summed E-state index contributed by atoms with van der Waals surface area (Å²) in [7, 11) is 0. The minimum Gasteiger partial charge on any atom is -0.301 e. The van der Waals surface area contributed by atoms with Gasteiger partial charge in [0.05, 0.1) is 6.07 Å². The first-order valence-corrected chi connectivity index (χ1v) is 6.04. The lowest BCUT2D eigenvalue weighted by Crippen LogP contribution is -2.47. The van der Waals surface area contributed by atoms with Crippen LogP contribution in [-0.4, -0.2) is 49.1 Å². The third-order valence-electron chi connectivity index (χ3n) is 2.85. The van der Waals surface area contributed by atoms with Gasteiger partial charge in [0.15, 0.2) is 0 Å². The van der Waals surface area contributed by atoms with E-state index < -0.39 is 0 Å². The molecule has 0 aliphatic carbocycles. The van der Waals surface area contributed by atoms with Crippen molar-refractivity contribution < 1.29 is 0 Å². The van der Waals surface area contributed by atoms with Gasteiger partial charge in [-0.1, -0.05) is 13.8 Å². The number of hydrogen-bond donors (Lipinski definition) is 0. The Balaban J connectivity index is 2.10. The summed E-state index contributed by atoms with van der Waals surface area (Å²) in [5, 5.41) is 8.46. The molecule has 0 radical (unpaired) electrons. The smallest absolute Gasteiger partial charge is 0.0622 e. The molecule has 1 saturated heterocycles. The standard InChI is InChI=1S/C12H23N3/c1-12(2)11-15-9-7-14(8-10-15)6-4-3-5-13/h12H,3-4,6-11H2,1-2H3. The molecule has 3 heteroatoms. The Morgan fingerprint density at radius 3 is 2.27 bits per heavy atom. The Kier molecular flexibility index (Phi) is 5.67. The Morgan fingerprint density at radius 1 is 1.13 bits per heavy atom. The quantitative estimate of drug-likeness (QED) is 0.644. The van der Waals surface area contributed by atoms with Crippen LogP contribution in [0.25, 0.3) is 0 Å². The average molecular weight is 209 g/mol. The first-order valence-electron chi connectivity index (χ1n) is 6.04. The summed E-state index contributed by atoms with van der Waals surface area (Å²) in [5.41, 5.74) is 0. The maximum atomic E-state index is 8.46. The van der Waals surface area contributed by atoms with E-state index in [9.17, 15) is 0 Å². The molecule has 0 amide bonds. The molecule has 0 bridgehead atoms. The molecule has 0 unspecified atom stereocenters. The van der Waals surface area contributed by atoms with Gasteiger partial charge in [-0.15, -0.1) is 0 Å². The summed E-state index contributed by atoms with van der Waals surface area (Å²) >= 11 is 0.